The van der Waals surface area contributed by atoms with Crippen LogP contribution in [0.25, 0.3) is 11.6 Å². The molecule has 30 heavy (non-hydrogen) atoms. The largest absolute Gasteiger partial charge is 0.492 e. The molecule has 0 atom stereocenters. The molecule has 3 aromatic rings. The number of nitrogens with zero attached hydrogens (tertiary/aromatic N) is 2. The van der Waals surface area contributed by atoms with Crippen molar-refractivity contribution in [3.63, 3.8) is 0 Å². The Morgan fingerprint density at radius 1 is 1.00 bits per heavy atom. The number of likely N-dealkylation sites (N-methyl/N-ethyl adjacent to an activating group) is 1. The highest BCUT2D eigenvalue weighted by Gasteiger charge is 2.08. The van der Waals surface area contributed by atoms with Crippen LogP contribution in [-0.4, -0.2) is 19.7 Å². The number of hydrogen-bond acceptors (Lipinski definition) is 3. The highest BCUT2D eigenvalue weighted by Crippen LogP contribution is 2.24. The zero-order valence-electron chi connectivity index (χ0n) is 17.9. The first-order valence-corrected chi connectivity index (χ1v) is 10.3. The fourth-order valence-corrected chi connectivity index (χ4v) is 3.35. The van der Waals surface area contributed by atoms with Crippen LogP contribution in [0.5, 0.6) is 5.75 Å². The van der Waals surface area contributed by atoms with Crippen molar-refractivity contribution in [2.45, 2.75) is 20.8 Å². The molecule has 0 aliphatic rings. The third kappa shape index (κ3) is 5.52. The van der Waals surface area contributed by atoms with Gasteiger partial charge in [0.25, 0.3) is 0 Å². The van der Waals surface area contributed by atoms with Gasteiger partial charge in [0.1, 0.15) is 12.4 Å². The molecule has 3 nitrogen and oxygen atoms in total. The summed E-state index contributed by atoms with van der Waals surface area (Å²) in [6.07, 6.45) is 1.96. The maximum Gasteiger partial charge on any atom is 0.119 e. The van der Waals surface area contributed by atoms with Gasteiger partial charge in [0.15, 0.2) is 0 Å². The number of allylic oxidation sites excluding steroid dienone is 1. The van der Waals surface area contributed by atoms with E-state index in [0.717, 1.165) is 41.2 Å². The summed E-state index contributed by atoms with van der Waals surface area (Å²) in [5, 5.41) is 9.58. The van der Waals surface area contributed by atoms with Gasteiger partial charge < -0.3 is 9.64 Å². The van der Waals surface area contributed by atoms with E-state index in [4.69, 9.17) is 4.74 Å². The van der Waals surface area contributed by atoms with Gasteiger partial charge in [0, 0.05) is 12.2 Å². The van der Waals surface area contributed by atoms with Crippen LogP contribution < -0.4 is 9.64 Å². The van der Waals surface area contributed by atoms with Gasteiger partial charge >= 0.3 is 0 Å². The van der Waals surface area contributed by atoms with Crippen LogP contribution in [0, 0.1) is 25.2 Å². The number of benzene rings is 3. The van der Waals surface area contributed by atoms with Crippen molar-refractivity contribution in [1.82, 2.24) is 0 Å². The molecule has 0 fully saturated rings. The van der Waals surface area contributed by atoms with Crippen molar-refractivity contribution >= 4 is 17.3 Å². The first-order chi connectivity index (χ1) is 14.6. The maximum absolute atomic E-state index is 9.58. The van der Waals surface area contributed by atoms with E-state index in [1.807, 2.05) is 48.5 Å². The van der Waals surface area contributed by atoms with Crippen molar-refractivity contribution in [3.05, 3.63) is 95.1 Å². The number of anilines is 1. The fraction of sp³-hybridized carbons (Fsp3) is 0.222. The molecule has 0 saturated carbocycles. The van der Waals surface area contributed by atoms with E-state index in [2.05, 4.69) is 62.1 Å². The zero-order chi connectivity index (χ0) is 21.3. The third-order valence-electron chi connectivity index (χ3n) is 5.16. The minimum Gasteiger partial charge on any atom is -0.492 e. The summed E-state index contributed by atoms with van der Waals surface area (Å²) < 4.78 is 5.90. The minimum absolute atomic E-state index is 0.629. The van der Waals surface area contributed by atoms with Crippen molar-refractivity contribution in [2.24, 2.45) is 0 Å². The molecule has 0 saturated heterocycles. The van der Waals surface area contributed by atoms with E-state index in [-0.39, 0.29) is 0 Å². The molecule has 3 aromatic carbocycles. The van der Waals surface area contributed by atoms with Gasteiger partial charge in [-0.2, -0.15) is 5.26 Å². The number of rotatable bonds is 8. The number of nitriles is 1. The van der Waals surface area contributed by atoms with Crippen LogP contribution in [0.1, 0.15) is 29.2 Å². The highest BCUT2D eigenvalue weighted by molar-refractivity contribution is 5.90. The molecule has 0 bridgehead atoms. The van der Waals surface area contributed by atoms with Crippen LogP contribution in [0.15, 0.2) is 72.8 Å². The van der Waals surface area contributed by atoms with Gasteiger partial charge in [-0.15, -0.1) is 0 Å². The lowest BCUT2D eigenvalue weighted by molar-refractivity contribution is 0.324. The van der Waals surface area contributed by atoms with E-state index in [1.54, 1.807) is 0 Å². The smallest absolute Gasteiger partial charge is 0.119 e. The molecule has 0 aliphatic heterocycles. The van der Waals surface area contributed by atoms with E-state index < -0.39 is 0 Å². The molecule has 0 aliphatic carbocycles. The SMILES string of the molecule is CCN(CCOc1ccc(C)cc1)c1ccc(/C=C(\C#N)c2ccccc2)c(C)c1. The number of ether oxygens (including phenoxy) is 1. The predicted molar refractivity (Wildman–Crippen MR) is 126 cm³/mol. The summed E-state index contributed by atoms with van der Waals surface area (Å²) in [6.45, 7) is 8.66. The summed E-state index contributed by atoms with van der Waals surface area (Å²) in [5.74, 6) is 0.901. The Bertz CT molecular complexity index is 1030. The maximum atomic E-state index is 9.58. The first-order valence-electron chi connectivity index (χ1n) is 10.3. The Labute approximate surface area is 179 Å². The van der Waals surface area contributed by atoms with E-state index in [0.29, 0.717) is 12.2 Å². The van der Waals surface area contributed by atoms with Gasteiger partial charge in [-0.05, 0) is 67.8 Å². The number of aryl methyl sites for hydroxylation is 2. The second-order valence-electron chi connectivity index (χ2n) is 7.32. The summed E-state index contributed by atoms with van der Waals surface area (Å²) >= 11 is 0. The molecule has 0 amide bonds. The lowest BCUT2D eigenvalue weighted by atomic mass is 10.0. The van der Waals surface area contributed by atoms with Gasteiger partial charge in [-0.3, -0.25) is 0 Å². The summed E-state index contributed by atoms with van der Waals surface area (Å²) in [6, 6.07) is 26.7. The van der Waals surface area contributed by atoms with E-state index >= 15 is 0 Å². The monoisotopic (exact) mass is 396 g/mol. The van der Waals surface area contributed by atoms with Crippen molar-refractivity contribution < 1.29 is 4.74 Å². The minimum atomic E-state index is 0.629. The Morgan fingerprint density at radius 3 is 2.37 bits per heavy atom. The standard InChI is InChI=1S/C27H28N2O/c1-4-29(16-17-30-27-14-10-21(2)11-15-27)26-13-12-24(22(3)18-26)19-25(20-28)23-8-6-5-7-9-23/h5-15,18-19H,4,16-17H2,1-3H3/b25-19+. The molecular formula is C27H28N2O. The quantitative estimate of drug-likeness (QED) is 0.332. The summed E-state index contributed by atoms with van der Waals surface area (Å²) in [4.78, 5) is 2.30. The second-order valence-corrected chi connectivity index (χ2v) is 7.32. The highest BCUT2D eigenvalue weighted by atomic mass is 16.5. The summed E-state index contributed by atoms with van der Waals surface area (Å²) in [5.41, 5.74) is 6.21. The van der Waals surface area contributed by atoms with Crippen molar-refractivity contribution in [3.8, 4) is 11.8 Å². The van der Waals surface area contributed by atoms with Gasteiger partial charge in [0.2, 0.25) is 0 Å². The van der Waals surface area contributed by atoms with Crippen LogP contribution in [0.2, 0.25) is 0 Å². The lowest BCUT2D eigenvalue weighted by Gasteiger charge is -2.24. The second kappa shape index (κ2) is 10.3. The number of hydrogen-bond donors (Lipinski definition) is 0. The van der Waals surface area contributed by atoms with Crippen LogP contribution in [-0.2, 0) is 0 Å². The molecule has 0 spiro atoms. The molecule has 0 unspecified atom stereocenters. The predicted octanol–water partition coefficient (Wildman–Crippen LogP) is 6.27. The molecule has 3 heteroatoms. The summed E-state index contributed by atoms with van der Waals surface area (Å²) in [7, 11) is 0. The van der Waals surface area contributed by atoms with E-state index in [1.165, 1.54) is 5.56 Å². The molecule has 0 heterocycles. The normalized spacial score (nSPS) is 11.1. The zero-order valence-corrected chi connectivity index (χ0v) is 17.9. The Hall–Kier alpha value is -3.51. The molecule has 0 radical (unpaired) electrons. The van der Waals surface area contributed by atoms with Gasteiger partial charge in [-0.1, -0.05) is 54.1 Å². The topological polar surface area (TPSA) is 36.3 Å². The average Bonchev–Trinajstić information content (AvgIpc) is 2.78. The van der Waals surface area contributed by atoms with Gasteiger partial charge in [-0.25, -0.2) is 0 Å². The van der Waals surface area contributed by atoms with Crippen molar-refractivity contribution in [1.29, 1.82) is 5.26 Å². The third-order valence-corrected chi connectivity index (χ3v) is 5.16. The molecule has 0 N–H and O–H groups in total. The molecule has 3 rings (SSSR count). The first kappa shape index (κ1) is 21.2. The Balaban J connectivity index is 1.70. The van der Waals surface area contributed by atoms with E-state index in [9.17, 15) is 5.26 Å². The van der Waals surface area contributed by atoms with Crippen LogP contribution >= 0.6 is 0 Å². The Morgan fingerprint density at radius 2 is 1.73 bits per heavy atom. The van der Waals surface area contributed by atoms with Crippen LogP contribution in [0.3, 0.4) is 0 Å². The lowest BCUT2D eigenvalue weighted by Crippen LogP contribution is -2.28. The van der Waals surface area contributed by atoms with Gasteiger partial charge in [0.05, 0.1) is 18.2 Å². The molecule has 0 aromatic heterocycles. The fourth-order valence-electron chi connectivity index (χ4n) is 3.35. The van der Waals surface area contributed by atoms with Crippen molar-refractivity contribution in [2.75, 3.05) is 24.6 Å². The molecular weight excluding hydrogens is 368 g/mol. The average molecular weight is 397 g/mol. The Kier molecular flexibility index (Phi) is 7.29. The van der Waals surface area contributed by atoms with Crippen LogP contribution in [0.4, 0.5) is 5.69 Å². The molecule has 152 valence electrons.